The number of benzene rings is 1. The van der Waals surface area contributed by atoms with Crippen LogP contribution in [0.25, 0.3) is 23.0 Å². The van der Waals surface area contributed by atoms with E-state index in [9.17, 15) is 31.1 Å². The summed E-state index contributed by atoms with van der Waals surface area (Å²) in [6, 6.07) is 2.47. The van der Waals surface area contributed by atoms with Gasteiger partial charge in [0.1, 0.15) is 5.76 Å². The van der Waals surface area contributed by atoms with Crippen LogP contribution in [0.2, 0.25) is 0 Å². The maximum Gasteiger partial charge on any atom is 0.416 e. The number of carbonyl (C=O) groups is 1. The van der Waals surface area contributed by atoms with E-state index in [4.69, 9.17) is 4.52 Å². The molecule has 3 aromatic rings. The SMILES string of the molecule is CC(=O)/C(=C/c1ccnc(-c2cc(C(F)(F)F)cc(C(F)(F)F)c2)n1)c1c(C)noc1C. The number of hydrogen-bond acceptors (Lipinski definition) is 5. The van der Waals surface area contributed by atoms with Crippen molar-refractivity contribution in [1.82, 2.24) is 15.1 Å². The molecule has 0 aliphatic heterocycles. The molecule has 1 aromatic carbocycles. The maximum atomic E-state index is 13.2. The summed E-state index contributed by atoms with van der Waals surface area (Å²) in [5.74, 6) is -0.360. The molecule has 0 fully saturated rings. The number of ketones is 1. The first-order valence-corrected chi connectivity index (χ1v) is 9.06. The highest BCUT2D eigenvalue weighted by Crippen LogP contribution is 2.38. The van der Waals surface area contributed by atoms with E-state index < -0.39 is 29.0 Å². The van der Waals surface area contributed by atoms with Crippen LogP contribution in [0.1, 0.15) is 40.8 Å². The van der Waals surface area contributed by atoms with Gasteiger partial charge in [-0.25, -0.2) is 9.97 Å². The minimum Gasteiger partial charge on any atom is -0.361 e. The number of aromatic nitrogens is 3. The monoisotopic (exact) mass is 455 g/mol. The molecule has 0 spiro atoms. The van der Waals surface area contributed by atoms with Gasteiger partial charge >= 0.3 is 12.4 Å². The zero-order chi connectivity index (χ0) is 23.8. The van der Waals surface area contributed by atoms with Crippen LogP contribution in [0.4, 0.5) is 26.3 Å². The zero-order valence-corrected chi connectivity index (χ0v) is 16.9. The third-order valence-corrected chi connectivity index (χ3v) is 4.50. The summed E-state index contributed by atoms with van der Waals surface area (Å²) in [6.07, 6.45) is -7.48. The van der Waals surface area contributed by atoms with Crippen molar-refractivity contribution in [3.63, 3.8) is 0 Å². The number of aryl methyl sites for hydroxylation is 2. The van der Waals surface area contributed by atoms with E-state index in [0.29, 0.717) is 29.2 Å². The minimum atomic E-state index is -5.00. The normalized spacial score (nSPS) is 12.8. The molecule has 32 heavy (non-hydrogen) atoms. The lowest BCUT2D eigenvalue weighted by Gasteiger charge is -2.14. The molecule has 0 saturated carbocycles. The molecule has 0 saturated heterocycles. The first kappa shape index (κ1) is 23.2. The number of alkyl halides is 6. The second kappa shape index (κ2) is 8.21. The Labute approximate surface area is 177 Å². The van der Waals surface area contributed by atoms with Gasteiger partial charge in [-0.1, -0.05) is 5.16 Å². The lowest BCUT2D eigenvalue weighted by Crippen LogP contribution is -2.11. The maximum absolute atomic E-state index is 13.2. The summed E-state index contributed by atoms with van der Waals surface area (Å²) in [5, 5.41) is 3.78. The summed E-state index contributed by atoms with van der Waals surface area (Å²) in [6.45, 7) is 4.51. The Balaban J connectivity index is 2.15. The highest BCUT2D eigenvalue weighted by atomic mass is 19.4. The van der Waals surface area contributed by atoms with Crippen LogP contribution in [0, 0.1) is 13.8 Å². The van der Waals surface area contributed by atoms with Crippen molar-refractivity contribution < 1.29 is 35.7 Å². The molecule has 2 aromatic heterocycles. The van der Waals surface area contributed by atoms with Crippen LogP contribution < -0.4 is 0 Å². The van der Waals surface area contributed by atoms with Crippen molar-refractivity contribution >= 4 is 17.4 Å². The number of hydrogen-bond donors (Lipinski definition) is 0. The van der Waals surface area contributed by atoms with Crippen LogP contribution in [0.3, 0.4) is 0 Å². The third-order valence-electron chi connectivity index (χ3n) is 4.50. The van der Waals surface area contributed by atoms with Gasteiger partial charge in [-0.15, -0.1) is 0 Å². The minimum absolute atomic E-state index is 0.0264. The van der Waals surface area contributed by atoms with Crippen molar-refractivity contribution in [1.29, 1.82) is 0 Å². The Hall–Kier alpha value is -3.50. The highest BCUT2D eigenvalue weighted by molar-refractivity contribution is 6.24. The van der Waals surface area contributed by atoms with Crippen LogP contribution in [-0.4, -0.2) is 20.9 Å². The molecule has 0 bridgehead atoms. The van der Waals surface area contributed by atoms with E-state index in [2.05, 4.69) is 15.1 Å². The van der Waals surface area contributed by atoms with E-state index in [1.54, 1.807) is 13.8 Å². The number of rotatable bonds is 4. The van der Waals surface area contributed by atoms with Gasteiger partial charge < -0.3 is 4.52 Å². The molecule has 0 unspecified atom stereocenters. The van der Waals surface area contributed by atoms with Gasteiger partial charge in [-0.2, -0.15) is 26.3 Å². The Kier molecular flexibility index (Phi) is 5.94. The van der Waals surface area contributed by atoms with Crippen LogP contribution in [-0.2, 0) is 17.1 Å². The van der Waals surface area contributed by atoms with Crippen molar-refractivity contribution in [2.24, 2.45) is 0 Å². The molecule has 5 nitrogen and oxygen atoms in total. The molecule has 3 rings (SSSR count). The molecule has 11 heteroatoms. The van der Waals surface area contributed by atoms with E-state index in [0.717, 1.165) is 0 Å². The van der Waals surface area contributed by atoms with Crippen molar-refractivity contribution in [3.05, 3.63) is 64.3 Å². The quantitative estimate of drug-likeness (QED) is 0.361. The number of allylic oxidation sites excluding steroid dienone is 1. The van der Waals surface area contributed by atoms with E-state index in [1.807, 2.05) is 0 Å². The molecule has 0 radical (unpaired) electrons. The van der Waals surface area contributed by atoms with Crippen LogP contribution in [0.5, 0.6) is 0 Å². The smallest absolute Gasteiger partial charge is 0.361 e. The fraction of sp³-hybridized carbons (Fsp3) is 0.238. The predicted molar refractivity (Wildman–Crippen MR) is 102 cm³/mol. The Morgan fingerprint density at radius 3 is 2.06 bits per heavy atom. The van der Waals surface area contributed by atoms with Crippen LogP contribution >= 0.6 is 0 Å². The molecule has 0 aliphatic rings. The summed E-state index contributed by atoms with van der Waals surface area (Å²) >= 11 is 0. The number of carbonyl (C=O) groups excluding carboxylic acids is 1. The number of Topliss-reactive ketones (excluding diaryl/α,β-unsaturated/α-hetero) is 1. The molecule has 168 valence electrons. The summed E-state index contributed by atoms with van der Waals surface area (Å²) < 4.78 is 84.0. The van der Waals surface area contributed by atoms with Gasteiger partial charge in [0.15, 0.2) is 11.6 Å². The molecule has 0 atom stereocenters. The van der Waals surface area contributed by atoms with Crippen LogP contribution in [0.15, 0.2) is 35.0 Å². The number of halogens is 6. The molecule has 0 amide bonds. The van der Waals surface area contributed by atoms with Gasteiger partial charge in [0.2, 0.25) is 0 Å². The Morgan fingerprint density at radius 1 is 1.00 bits per heavy atom. The van der Waals surface area contributed by atoms with Crippen molar-refractivity contribution in [2.45, 2.75) is 33.1 Å². The Morgan fingerprint density at radius 2 is 1.59 bits per heavy atom. The molecular weight excluding hydrogens is 440 g/mol. The zero-order valence-electron chi connectivity index (χ0n) is 16.9. The van der Waals surface area contributed by atoms with Gasteiger partial charge in [0.25, 0.3) is 0 Å². The molecule has 2 heterocycles. The van der Waals surface area contributed by atoms with Gasteiger partial charge in [0, 0.05) is 17.3 Å². The average Bonchev–Trinajstić information content (AvgIpc) is 3.02. The first-order chi connectivity index (χ1) is 14.8. The average molecular weight is 455 g/mol. The van der Waals surface area contributed by atoms with Gasteiger partial charge in [-0.3, -0.25) is 4.79 Å². The van der Waals surface area contributed by atoms with Crippen molar-refractivity contribution in [3.8, 4) is 11.4 Å². The standard InChI is InChI=1S/C21H15F6N3O2/c1-10-18(12(3)32-30-10)17(11(2)31)9-16-4-5-28-19(29-16)13-6-14(20(22,23)24)8-15(7-13)21(25,26)27/h4-9H,1-3H3/b17-9-. The largest absolute Gasteiger partial charge is 0.416 e. The van der Waals surface area contributed by atoms with E-state index >= 15 is 0 Å². The highest BCUT2D eigenvalue weighted by Gasteiger charge is 2.37. The lowest BCUT2D eigenvalue weighted by molar-refractivity contribution is -0.143. The van der Waals surface area contributed by atoms with E-state index in [1.165, 1.54) is 25.3 Å². The Bertz CT molecular complexity index is 1160. The summed E-state index contributed by atoms with van der Waals surface area (Å²) in [4.78, 5) is 20.1. The van der Waals surface area contributed by atoms with Crippen molar-refractivity contribution in [2.75, 3.05) is 0 Å². The van der Waals surface area contributed by atoms with Gasteiger partial charge in [-0.05, 0) is 51.1 Å². The topological polar surface area (TPSA) is 68.9 Å². The lowest BCUT2D eigenvalue weighted by atomic mass is 9.99. The molecule has 0 aliphatic carbocycles. The summed E-state index contributed by atoms with van der Waals surface area (Å²) in [7, 11) is 0. The summed E-state index contributed by atoms with van der Waals surface area (Å²) in [5.41, 5.74) is -2.29. The fourth-order valence-electron chi connectivity index (χ4n) is 3.04. The second-order valence-corrected chi connectivity index (χ2v) is 6.91. The molecule has 0 N–H and O–H groups in total. The molecular formula is C21H15F6N3O2. The fourth-order valence-corrected chi connectivity index (χ4v) is 3.04. The van der Waals surface area contributed by atoms with Gasteiger partial charge in [0.05, 0.1) is 28.1 Å². The first-order valence-electron chi connectivity index (χ1n) is 9.06. The second-order valence-electron chi connectivity index (χ2n) is 6.91. The van der Waals surface area contributed by atoms with E-state index in [-0.39, 0.29) is 28.9 Å². The third kappa shape index (κ3) is 4.87. The number of nitrogens with zero attached hydrogens (tertiary/aromatic N) is 3. The predicted octanol–water partition coefficient (Wildman–Crippen LogP) is 5.92.